The van der Waals surface area contributed by atoms with Crippen molar-refractivity contribution in [1.82, 2.24) is 9.97 Å². The second-order valence-corrected chi connectivity index (χ2v) is 9.70. The number of aromatic nitrogens is 2. The molecule has 140 valence electrons. The summed E-state index contributed by atoms with van der Waals surface area (Å²) < 4.78 is 0. The number of anilines is 1. The van der Waals surface area contributed by atoms with Crippen molar-refractivity contribution in [2.45, 2.75) is 42.9 Å². The quantitative estimate of drug-likeness (QED) is 0.401. The Kier molecular flexibility index (Phi) is 5.60. The highest BCUT2D eigenvalue weighted by Gasteiger charge is 2.23. The van der Waals surface area contributed by atoms with E-state index < -0.39 is 0 Å². The van der Waals surface area contributed by atoms with Crippen LogP contribution in [-0.2, 0) is 17.6 Å². The van der Waals surface area contributed by atoms with Crippen LogP contribution < -0.4 is 5.32 Å². The van der Waals surface area contributed by atoms with E-state index >= 15 is 0 Å². The number of benzene rings is 1. The average molecular weight is 438 g/mol. The molecule has 27 heavy (non-hydrogen) atoms. The van der Waals surface area contributed by atoms with Crippen molar-refractivity contribution in [3.05, 3.63) is 45.0 Å². The van der Waals surface area contributed by atoms with Crippen LogP contribution in [0.5, 0.6) is 0 Å². The number of thioether (sulfide) groups is 1. The van der Waals surface area contributed by atoms with Gasteiger partial charge in [0.1, 0.15) is 16.2 Å². The fourth-order valence-electron chi connectivity index (χ4n) is 3.20. The van der Waals surface area contributed by atoms with E-state index in [-0.39, 0.29) is 11.2 Å². The first-order valence-corrected chi connectivity index (χ1v) is 11.2. The van der Waals surface area contributed by atoms with Crippen molar-refractivity contribution in [3.63, 3.8) is 0 Å². The van der Waals surface area contributed by atoms with E-state index in [9.17, 15) is 4.79 Å². The molecule has 4 nitrogen and oxygen atoms in total. The Morgan fingerprint density at radius 2 is 2.07 bits per heavy atom. The fraction of sp³-hybridized carbons (Fsp3) is 0.316. The van der Waals surface area contributed by atoms with Gasteiger partial charge < -0.3 is 5.32 Å². The summed E-state index contributed by atoms with van der Waals surface area (Å²) in [5.74, 6) is -0.139. The van der Waals surface area contributed by atoms with Crippen LogP contribution in [0.3, 0.4) is 0 Å². The molecule has 0 radical (unpaired) electrons. The van der Waals surface area contributed by atoms with Gasteiger partial charge in [-0.1, -0.05) is 35.0 Å². The summed E-state index contributed by atoms with van der Waals surface area (Å²) in [5, 5.41) is 5.51. The third-order valence-corrected chi connectivity index (χ3v) is 7.43. The van der Waals surface area contributed by atoms with Gasteiger partial charge >= 0.3 is 0 Å². The summed E-state index contributed by atoms with van der Waals surface area (Å²) in [6, 6.07) is 5.01. The third kappa shape index (κ3) is 3.94. The van der Waals surface area contributed by atoms with Crippen molar-refractivity contribution < 1.29 is 4.79 Å². The predicted molar refractivity (Wildman–Crippen MR) is 114 cm³/mol. The van der Waals surface area contributed by atoms with Crippen LogP contribution in [0.1, 0.15) is 30.2 Å². The van der Waals surface area contributed by atoms with Crippen molar-refractivity contribution in [2.24, 2.45) is 0 Å². The molecule has 0 saturated carbocycles. The van der Waals surface area contributed by atoms with Crippen molar-refractivity contribution in [2.75, 3.05) is 5.32 Å². The smallest absolute Gasteiger partial charge is 0.237 e. The average Bonchev–Trinajstić information content (AvgIpc) is 3.04. The van der Waals surface area contributed by atoms with Crippen molar-refractivity contribution >= 4 is 68.1 Å². The van der Waals surface area contributed by atoms with E-state index in [1.54, 1.807) is 35.9 Å². The normalized spacial score (nSPS) is 14.8. The molecule has 0 fully saturated rings. The number of halogens is 2. The zero-order chi connectivity index (χ0) is 19.0. The molecular weight excluding hydrogens is 421 g/mol. The van der Waals surface area contributed by atoms with Crippen LogP contribution in [0.15, 0.2) is 29.6 Å². The number of rotatable bonds is 4. The Hall–Kier alpha value is -1.34. The molecule has 2 aromatic heterocycles. The number of amides is 1. The molecule has 0 spiro atoms. The maximum absolute atomic E-state index is 12.7. The molecule has 0 aliphatic heterocycles. The minimum atomic E-state index is -0.336. The van der Waals surface area contributed by atoms with Gasteiger partial charge in [-0.25, -0.2) is 9.97 Å². The van der Waals surface area contributed by atoms with Crippen LogP contribution in [0.4, 0.5) is 5.69 Å². The molecule has 1 atom stereocenters. The highest BCUT2D eigenvalue weighted by molar-refractivity contribution is 8.00. The van der Waals surface area contributed by atoms with Crippen LogP contribution in [0, 0.1) is 0 Å². The predicted octanol–water partition coefficient (Wildman–Crippen LogP) is 6.00. The summed E-state index contributed by atoms with van der Waals surface area (Å²) in [6.07, 6.45) is 6.19. The first-order valence-electron chi connectivity index (χ1n) is 8.70. The lowest BCUT2D eigenvalue weighted by Crippen LogP contribution is -2.22. The third-order valence-electron chi connectivity index (χ3n) is 4.56. The van der Waals surface area contributed by atoms with E-state index in [4.69, 9.17) is 23.2 Å². The van der Waals surface area contributed by atoms with E-state index in [0.717, 1.165) is 28.1 Å². The Balaban J connectivity index is 1.57. The number of carbonyl (C=O) groups is 1. The first kappa shape index (κ1) is 19.0. The maximum atomic E-state index is 12.7. The molecule has 1 aromatic carbocycles. The minimum Gasteiger partial charge on any atom is -0.324 e. The Morgan fingerprint density at radius 1 is 1.26 bits per heavy atom. The minimum absolute atomic E-state index is 0.139. The van der Waals surface area contributed by atoms with Gasteiger partial charge in [-0.3, -0.25) is 4.79 Å². The second-order valence-electron chi connectivity index (χ2n) is 6.44. The van der Waals surface area contributed by atoms with E-state index in [1.807, 2.05) is 6.92 Å². The number of nitrogens with zero attached hydrogens (tertiary/aromatic N) is 2. The van der Waals surface area contributed by atoms with E-state index in [1.165, 1.54) is 35.0 Å². The van der Waals surface area contributed by atoms with Crippen LogP contribution in [0.2, 0.25) is 10.0 Å². The fourth-order valence-corrected chi connectivity index (χ4v) is 5.78. The molecule has 8 heteroatoms. The Bertz CT molecular complexity index is 1020. The monoisotopic (exact) mass is 437 g/mol. The van der Waals surface area contributed by atoms with Crippen molar-refractivity contribution in [3.8, 4) is 0 Å². The van der Waals surface area contributed by atoms with Gasteiger partial charge in [-0.15, -0.1) is 11.3 Å². The number of aryl methyl sites for hydroxylation is 2. The van der Waals surface area contributed by atoms with Gasteiger partial charge in [-0.05, 0) is 56.4 Å². The highest BCUT2D eigenvalue weighted by atomic mass is 35.5. The highest BCUT2D eigenvalue weighted by Crippen LogP contribution is 2.40. The number of fused-ring (bicyclic) bond motifs is 3. The molecule has 4 rings (SSSR count). The molecule has 1 unspecified atom stereocenters. The van der Waals surface area contributed by atoms with Crippen LogP contribution >= 0.6 is 46.3 Å². The Morgan fingerprint density at radius 3 is 2.93 bits per heavy atom. The van der Waals surface area contributed by atoms with Gasteiger partial charge in [0.05, 0.1) is 16.0 Å². The summed E-state index contributed by atoms with van der Waals surface area (Å²) in [4.78, 5) is 24.0. The number of hydrogen-bond donors (Lipinski definition) is 1. The molecule has 1 aliphatic rings. The van der Waals surface area contributed by atoms with Crippen LogP contribution in [-0.4, -0.2) is 21.1 Å². The standard InChI is InChI=1S/C19H17Cl2N3OS2/c1-10(17(25)24-14-8-11(20)6-7-13(14)21)26-18-16-12-4-2-3-5-15(12)27-19(16)23-9-22-18/h6-10H,2-5H2,1H3,(H,24,25). The van der Waals surface area contributed by atoms with E-state index in [0.29, 0.717) is 15.7 Å². The second kappa shape index (κ2) is 7.95. The zero-order valence-electron chi connectivity index (χ0n) is 14.6. The van der Waals surface area contributed by atoms with Gasteiger partial charge in [-0.2, -0.15) is 0 Å². The summed E-state index contributed by atoms with van der Waals surface area (Å²) in [5.41, 5.74) is 1.89. The Labute approximate surface area is 175 Å². The number of nitrogens with one attached hydrogen (secondary N) is 1. The SMILES string of the molecule is CC(Sc1ncnc2sc3c(c12)CCCC3)C(=O)Nc1cc(Cl)ccc1Cl. The molecule has 1 N–H and O–H groups in total. The molecule has 1 aliphatic carbocycles. The maximum Gasteiger partial charge on any atom is 0.237 e. The van der Waals surface area contributed by atoms with Gasteiger partial charge in [0.15, 0.2) is 0 Å². The van der Waals surface area contributed by atoms with Gasteiger partial charge in [0.2, 0.25) is 5.91 Å². The first-order chi connectivity index (χ1) is 13.0. The van der Waals surface area contributed by atoms with Gasteiger partial charge in [0.25, 0.3) is 0 Å². The zero-order valence-corrected chi connectivity index (χ0v) is 17.7. The summed E-state index contributed by atoms with van der Waals surface area (Å²) >= 11 is 15.4. The molecule has 2 heterocycles. The lowest BCUT2D eigenvalue weighted by atomic mass is 9.97. The van der Waals surface area contributed by atoms with Crippen molar-refractivity contribution in [1.29, 1.82) is 0 Å². The number of hydrogen-bond acceptors (Lipinski definition) is 5. The lowest BCUT2D eigenvalue weighted by molar-refractivity contribution is -0.115. The molecule has 1 amide bonds. The molecule has 0 saturated heterocycles. The molecule has 0 bridgehead atoms. The summed E-state index contributed by atoms with van der Waals surface area (Å²) in [6.45, 7) is 1.87. The number of thiophene rings is 1. The molecule has 3 aromatic rings. The summed E-state index contributed by atoms with van der Waals surface area (Å²) in [7, 11) is 0. The van der Waals surface area contributed by atoms with Gasteiger partial charge in [0, 0.05) is 15.3 Å². The lowest BCUT2D eigenvalue weighted by Gasteiger charge is -2.14. The molecular formula is C19H17Cl2N3OS2. The van der Waals surface area contributed by atoms with Crippen LogP contribution in [0.25, 0.3) is 10.2 Å². The number of carbonyl (C=O) groups excluding carboxylic acids is 1. The topological polar surface area (TPSA) is 54.9 Å². The van der Waals surface area contributed by atoms with E-state index in [2.05, 4.69) is 15.3 Å². The largest absolute Gasteiger partial charge is 0.324 e.